The lowest BCUT2D eigenvalue weighted by Crippen LogP contribution is -2.55. The van der Waals surface area contributed by atoms with Crippen LogP contribution in [0, 0.1) is 6.92 Å². The number of morpholine rings is 1. The van der Waals surface area contributed by atoms with Crippen molar-refractivity contribution in [2.75, 3.05) is 13.2 Å². The first-order valence-corrected chi connectivity index (χ1v) is 9.12. The number of ether oxygens (including phenoxy) is 1. The Hall–Kier alpha value is -2.81. The molecule has 1 saturated carbocycles. The molecule has 0 aromatic carbocycles. The molecule has 2 atom stereocenters. The normalized spacial score (nSPS) is 22.7. The number of aromatic amines is 1. The van der Waals surface area contributed by atoms with Crippen molar-refractivity contribution in [3.8, 4) is 0 Å². The van der Waals surface area contributed by atoms with E-state index in [2.05, 4.69) is 25.5 Å². The van der Waals surface area contributed by atoms with Crippen LogP contribution in [0.3, 0.4) is 0 Å². The Balaban J connectivity index is 1.48. The van der Waals surface area contributed by atoms with E-state index in [1.54, 1.807) is 18.5 Å². The van der Waals surface area contributed by atoms with Gasteiger partial charge in [0.05, 0.1) is 6.04 Å². The number of aryl methyl sites for hydroxylation is 1. The molecule has 2 N–H and O–H groups in total. The van der Waals surface area contributed by atoms with E-state index in [0.29, 0.717) is 18.8 Å². The van der Waals surface area contributed by atoms with E-state index in [1.807, 2.05) is 17.9 Å². The number of carbonyl (C=O) groups excluding carboxylic acids is 2. The summed E-state index contributed by atoms with van der Waals surface area (Å²) in [5, 5.41) is 9.73. The molecule has 0 unspecified atom stereocenters. The van der Waals surface area contributed by atoms with E-state index < -0.39 is 12.1 Å². The first kappa shape index (κ1) is 17.6. The number of amides is 2. The lowest BCUT2D eigenvalue weighted by atomic mass is 9.98. The zero-order valence-corrected chi connectivity index (χ0v) is 15.1. The highest BCUT2D eigenvalue weighted by Gasteiger charge is 2.47. The van der Waals surface area contributed by atoms with Gasteiger partial charge in [0.15, 0.2) is 11.9 Å². The zero-order valence-electron chi connectivity index (χ0n) is 15.1. The van der Waals surface area contributed by atoms with Crippen LogP contribution in [0.1, 0.15) is 36.1 Å². The molecule has 2 fully saturated rings. The highest BCUT2D eigenvalue weighted by atomic mass is 16.5. The number of hydrogen-bond acceptors (Lipinski definition) is 6. The molecule has 2 aromatic heterocycles. The van der Waals surface area contributed by atoms with E-state index in [9.17, 15) is 9.59 Å². The maximum atomic E-state index is 12.8. The summed E-state index contributed by atoms with van der Waals surface area (Å²) in [5.41, 5.74) is 0.808. The maximum absolute atomic E-state index is 12.8. The Labute approximate surface area is 156 Å². The fourth-order valence-electron chi connectivity index (χ4n) is 3.42. The molecule has 2 amide bonds. The summed E-state index contributed by atoms with van der Waals surface area (Å²) in [5.74, 6) is 1.07. The number of hydrogen-bond donors (Lipinski definition) is 2. The molecule has 0 bridgehead atoms. The second-order valence-corrected chi connectivity index (χ2v) is 6.87. The minimum atomic E-state index is -0.763. The second kappa shape index (κ2) is 7.43. The Morgan fingerprint density at radius 3 is 2.96 bits per heavy atom. The number of pyridine rings is 1. The third-order valence-electron chi connectivity index (χ3n) is 4.78. The van der Waals surface area contributed by atoms with Crippen LogP contribution in [0.25, 0.3) is 0 Å². The van der Waals surface area contributed by atoms with Crippen molar-refractivity contribution in [2.45, 2.75) is 44.4 Å². The van der Waals surface area contributed by atoms with Gasteiger partial charge in [0.2, 0.25) is 5.91 Å². The zero-order chi connectivity index (χ0) is 18.8. The van der Waals surface area contributed by atoms with Crippen molar-refractivity contribution in [2.24, 2.45) is 0 Å². The lowest BCUT2D eigenvalue weighted by molar-refractivity contribution is -0.165. The number of aromatic nitrogens is 4. The molecular weight excluding hydrogens is 348 g/mol. The number of H-pyrrole nitrogens is 1. The summed E-state index contributed by atoms with van der Waals surface area (Å²) < 4.78 is 5.67. The molecule has 9 heteroatoms. The quantitative estimate of drug-likeness (QED) is 0.756. The molecule has 0 spiro atoms. The summed E-state index contributed by atoms with van der Waals surface area (Å²) in [6.45, 7) is 2.14. The van der Waals surface area contributed by atoms with Gasteiger partial charge in [0.1, 0.15) is 12.4 Å². The topological polar surface area (TPSA) is 113 Å². The van der Waals surface area contributed by atoms with Gasteiger partial charge in [-0.2, -0.15) is 5.10 Å². The fourth-order valence-corrected chi connectivity index (χ4v) is 3.42. The van der Waals surface area contributed by atoms with Crippen LogP contribution in [0.15, 0.2) is 24.5 Å². The van der Waals surface area contributed by atoms with Crippen LogP contribution in [-0.2, 0) is 20.7 Å². The molecule has 0 radical (unpaired) electrons. The molecule has 2 aromatic rings. The average molecular weight is 370 g/mol. The number of nitrogens with one attached hydrogen (secondary N) is 2. The van der Waals surface area contributed by atoms with Gasteiger partial charge >= 0.3 is 0 Å². The molecule has 27 heavy (non-hydrogen) atoms. The van der Waals surface area contributed by atoms with Gasteiger partial charge in [-0.25, -0.2) is 4.98 Å². The summed E-state index contributed by atoms with van der Waals surface area (Å²) in [6, 6.07) is 3.41. The van der Waals surface area contributed by atoms with E-state index in [-0.39, 0.29) is 24.5 Å². The van der Waals surface area contributed by atoms with E-state index >= 15 is 0 Å². The van der Waals surface area contributed by atoms with Crippen LogP contribution in [-0.4, -0.2) is 62.2 Å². The van der Waals surface area contributed by atoms with Crippen molar-refractivity contribution in [1.82, 2.24) is 30.4 Å². The second-order valence-electron chi connectivity index (χ2n) is 6.87. The molecule has 4 rings (SSSR count). The van der Waals surface area contributed by atoms with Crippen molar-refractivity contribution in [3.05, 3.63) is 41.7 Å². The summed E-state index contributed by atoms with van der Waals surface area (Å²) in [4.78, 5) is 35.5. The van der Waals surface area contributed by atoms with Gasteiger partial charge in [-0.05, 0) is 31.4 Å². The van der Waals surface area contributed by atoms with Gasteiger partial charge in [0, 0.05) is 31.4 Å². The van der Waals surface area contributed by atoms with E-state index in [1.165, 1.54) is 0 Å². The maximum Gasteiger partial charge on any atom is 0.251 e. The van der Waals surface area contributed by atoms with Crippen molar-refractivity contribution in [3.63, 3.8) is 0 Å². The molecular formula is C18H22N6O3. The predicted molar refractivity (Wildman–Crippen MR) is 94.4 cm³/mol. The van der Waals surface area contributed by atoms with Gasteiger partial charge in [-0.3, -0.25) is 19.7 Å². The van der Waals surface area contributed by atoms with Crippen LogP contribution in [0.2, 0.25) is 0 Å². The smallest absolute Gasteiger partial charge is 0.251 e. The summed E-state index contributed by atoms with van der Waals surface area (Å²) in [7, 11) is 0. The molecule has 9 nitrogen and oxygen atoms in total. The SMILES string of the molecule is Cc1nc(CCNC(=O)[C@H]2OCC(=O)N(C3CC3)[C@@H]2c2cccnc2)n[nH]1. The Kier molecular flexibility index (Phi) is 4.85. The van der Waals surface area contributed by atoms with Crippen molar-refractivity contribution in [1.29, 1.82) is 0 Å². The van der Waals surface area contributed by atoms with Gasteiger partial charge in [-0.1, -0.05) is 6.07 Å². The Bertz CT molecular complexity index is 820. The third kappa shape index (κ3) is 3.82. The van der Waals surface area contributed by atoms with Crippen LogP contribution >= 0.6 is 0 Å². The molecule has 1 aliphatic carbocycles. The highest BCUT2D eigenvalue weighted by molar-refractivity contribution is 5.86. The van der Waals surface area contributed by atoms with Gasteiger partial charge < -0.3 is 15.0 Å². The summed E-state index contributed by atoms with van der Waals surface area (Å²) >= 11 is 0. The number of rotatable bonds is 6. The molecule has 142 valence electrons. The van der Waals surface area contributed by atoms with E-state index in [0.717, 1.165) is 24.2 Å². The molecule has 1 aliphatic heterocycles. The van der Waals surface area contributed by atoms with Gasteiger partial charge in [-0.15, -0.1) is 0 Å². The highest BCUT2D eigenvalue weighted by Crippen LogP contribution is 2.39. The molecule has 2 aliphatic rings. The summed E-state index contributed by atoms with van der Waals surface area (Å²) in [6.07, 6.45) is 5.04. The first-order chi connectivity index (χ1) is 13.1. The predicted octanol–water partition coefficient (Wildman–Crippen LogP) is 0.298. The molecule has 1 saturated heterocycles. The first-order valence-electron chi connectivity index (χ1n) is 9.12. The van der Waals surface area contributed by atoms with E-state index in [4.69, 9.17) is 4.74 Å². The standard InChI is InChI=1S/C18H22N6O3/c1-11-21-14(23-22-11)6-8-20-18(26)17-16(12-3-2-7-19-9-12)24(13-4-5-13)15(25)10-27-17/h2-3,7,9,13,16-17H,4-6,8,10H2,1H3,(H,20,26)(H,21,22,23)/t16-,17+/m1/s1. The monoisotopic (exact) mass is 370 g/mol. The minimum Gasteiger partial charge on any atom is -0.356 e. The van der Waals surface area contributed by atoms with Gasteiger partial charge in [0.25, 0.3) is 5.91 Å². The fraction of sp³-hybridized carbons (Fsp3) is 0.500. The third-order valence-corrected chi connectivity index (χ3v) is 4.78. The Morgan fingerprint density at radius 1 is 1.44 bits per heavy atom. The van der Waals surface area contributed by atoms with Crippen molar-refractivity contribution >= 4 is 11.8 Å². The average Bonchev–Trinajstić information content (AvgIpc) is 3.43. The lowest BCUT2D eigenvalue weighted by Gasteiger charge is -2.40. The number of carbonyl (C=O) groups is 2. The molecule has 3 heterocycles. The van der Waals surface area contributed by atoms with Crippen LogP contribution < -0.4 is 5.32 Å². The van der Waals surface area contributed by atoms with Crippen LogP contribution in [0.4, 0.5) is 0 Å². The largest absolute Gasteiger partial charge is 0.356 e. The number of nitrogens with zero attached hydrogens (tertiary/aromatic N) is 4. The minimum absolute atomic E-state index is 0.0772. The van der Waals surface area contributed by atoms with Crippen LogP contribution in [0.5, 0.6) is 0 Å². The van der Waals surface area contributed by atoms with Crippen molar-refractivity contribution < 1.29 is 14.3 Å². The Morgan fingerprint density at radius 2 is 2.30 bits per heavy atom.